The van der Waals surface area contributed by atoms with Crippen molar-refractivity contribution in [2.24, 2.45) is 0 Å². The Morgan fingerprint density at radius 3 is 3.00 bits per heavy atom. The van der Waals surface area contributed by atoms with Crippen LogP contribution in [0, 0.1) is 0 Å². The van der Waals surface area contributed by atoms with Crippen molar-refractivity contribution in [3.63, 3.8) is 0 Å². The molecule has 94 valence electrons. The van der Waals surface area contributed by atoms with Crippen LogP contribution in [0.2, 0.25) is 5.02 Å². The maximum atomic E-state index is 11.5. The van der Waals surface area contributed by atoms with Crippen LogP contribution in [0.4, 0.5) is 0 Å². The van der Waals surface area contributed by atoms with E-state index in [1.54, 1.807) is 29.9 Å². The van der Waals surface area contributed by atoms with Gasteiger partial charge in [-0.05, 0) is 41.1 Å². The van der Waals surface area contributed by atoms with Crippen LogP contribution >= 0.6 is 27.5 Å². The molecule has 0 saturated carbocycles. The Morgan fingerprint density at radius 2 is 2.33 bits per heavy atom. The van der Waals surface area contributed by atoms with E-state index in [1.165, 1.54) is 6.20 Å². The third kappa shape index (κ3) is 2.73. The Morgan fingerprint density at radius 1 is 1.56 bits per heavy atom. The van der Waals surface area contributed by atoms with Gasteiger partial charge in [0.1, 0.15) is 0 Å². The Balaban J connectivity index is 2.32. The molecular formula is C12H10BrClN2O2. The van der Waals surface area contributed by atoms with Crippen molar-refractivity contribution in [2.45, 2.75) is 6.92 Å². The predicted octanol–water partition coefficient (Wildman–Crippen LogP) is 3.46. The Labute approximate surface area is 118 Å². The molecule has 1 heterocycles. The summed E-state index contributed by atoms with van der Waals surface area (Å²) in [6.07, 6.45) is 3.09. The van der Waals surface area contributed by atoms with Gasteiger partial charge in [0.15, 0.2) is 0 Å². The molecule has 1 aromatic heterocycles. The first-order chi connectivity index (χ1) is 8.61. The zero-order valence-corrected chi connectivity index (χ0v) is 11.9. The van der Waals surface area contributed by atoms with E-state index < -0.39 is 0 Å². The van der Waals surface area contributed by atoms with Crippen molar-refractivity contribution in [1.29, 1.82) is 0 Å². The fourth-order valence-corrected chi connectivity index (χ4v) is 2.31. The molecule has 1 aromatic carbocycles. The van der Waals surface area contributed by atoms with Crippen LogP contribution in [0.5, 0.6) is 0 Å². The number of halogens is 2. The molecule has 0 spiro atoms. The number of ether oxygens (including phenoxy) is 1. The van der Waals surface area contributed by atoms with Gasteiger partial charge in [-0.15, -0.1) is 0 Å². The second kappa shape index (κ2) is 5.54. The van der Waals surface area contributed by atoms with Gasteiger partial charge in [-0.1, -0.05) is 11.6 Å². The summed E-state index contributed by atoms with van der Waals surface area (Å²) in [5.74, 6) is -0.381. The molecule has 0 amide bonds. The van der Waals surface area contributed by atoms with Gasteiger partial charge in [-0.2, -0.15) is 5.10 Å². The molecule has 0 unspecified atom stereocenters. The second-order valence-electron chi connectivity index (χ2n) is 3.49. The molecule has 6 heteroatoms. The zero-order chi connectivity index (χ0) is 13.1. The number of esters is 1. The van der Waals surface area contributed by atoms with E-state index >= 15 is 0 Å². The van der Waals surface area contributed by atoms with E-state index in [2.05, 4.69) is 21.0 Å². The lowest BCUT2D eigenvalue weighted by Gasteiger charge is -2.04. The predicted molar refractivity (Wildman–Crippen MR) is 72.2 cm³/mol. The van der Waals surface area contributed by atoms with Gasteiger partial charge in [-0.25, -0.2) is 9.48 Å². The highest BCUT2D eigenvalue weighted by molar-refractivity contribution is 9.10. The number of rotatable bonds is 3. The second-order valence-corrected chi connectivity index (χ2v) is 4.78. The van der Waals surface area contributed by atoms with Crippen LogP contribution in [0.25, 0.3) is 5.69 Å². The average molecular weight is 330 g/mol. The van der Waals surface area contributed by atoms with Crippen molar-refractivity contribution < 1.29 is 9.53 Å². The molecule has 0 radical (unpaired) electrons. The monoisotopic (exact) mass is 328 g/mol. The first-order valence-electron chi connectivity index (χ1n) is 5.29. The van der Waals surface area contributed by atoms with Crippen LogP contribution in [0.15, 0.2) is 35.1 Å². The molecule has 2 rings (SSSR count). The van der Waals surface area contributed by atoms with Gasteiger partial charge in [0.05, 0.1) is 24.1 Å². The number of carbonyl (C=O) groups excluding carboxylic acids is 1. The molecule has 0 fully saturated rings. The van der Waals surface area contributed by atoms with E-state index in [4.69, 9.17) is 16.3 Å². The van der Waals surface area contributed by atoms with Crippen LogP contribution in [0.1, 0.15) is 17.3 Å². The number of hydrogen-bond donors (Lipinski definition) is 0. The van der Waals surface area contributed by atoms with Gasteiger partial charge in [0.2, 0.25) is 0 Å². The number of carbonyl (C=O) groups is 1. The summed E-state index contributed by atoms with van der Waals surface area (Å²) in [5.41, 5.74) is 1.22. The number of aromatic nitrogens is 2. The molecule has 0 N–H and O–H groups in total. The molecule has 0 aliphatic rings. The van der Waals surface area contributed by atoms with Crippen molar-refractivity contribution in [3.05, 3.63) is 45.7 Å². The smallest absolute Gasteiger partial charge is 0.341 e. The minimum atomic E-state index is -0.381. The molecule has 0 aliphatic carbocycles. The third-order valence-electron chi connectivity index (χ3n) is 2.25. The van der Waals surface area contributed by atoms with Crippen molar-refractivity contribution in [3.8, 4) is 5.69 Å². The topological polar surface area (TPSA) is 44.1 Å². The number of hydrogen-bond acceptors (Lipinski definition) is 3. The molecule has 0 bridgehead atoms. The van der Waals surface area contributed by atoms with Crippen molar-refractivity contribution in [2.75, 3.05) is 6.61 Å². The summed E-state index contributed by atoms with van der Waals surface area (Å²) in [5, 5.41) is 4.75. The van der Waals surface area contributed by atoms with Gasteiger partial charge in [0.25, 0.3) is 0 Å². The fraction of sp³-hybridized carbons (Fsp3) is 0.167. The third-order valence-corrected chi connectivity index (χ3v) is 3.12. The summed E-state index contributed by atoms with van der Waals surface area (Å²) in [6.45, 7) is 2.10. The first kappa shape index (κ1) is 13.1. The van der Waals surface area contributed by atoms with E-state index in [9.17, 15) is 4.79 Å². The van der Waals surface area contributed by atoms with Gasteiger partial charge < -0.3 is 4.74 Å². The Kier molecular flexibility index (Phi) is 4.04. The lowest BCUT2D eigenvalue weighted by Crippen LogP contribution is -2.03. The molecule has 2 aromatic rings. The van der Waals surface area contributed by atoms with Gasteiger partial charge in [0, 0.05) is 15.7 Å². The summed E-state index contributed by atoms with van der Waals surface area (Å²) in [7, 11) is 0. The highest BCUT2D eigenvalue weighted by Gasteiger charge is 2.11. The van der Waals surface area contributed by atoms with Crippen LogP contribution in [0.3, 0.4) is 0 Å². The van der Waals surface area contributed by atoms with Crippen LogP contribution in [-0.2, 0) is 4.74 Å². The molecular weight excluding hydrogens is 320 g/mol. The quantitative estimate of drug-likeness (QED) is 0.810. The molecule has 18 heavy (non-hydrogen) atoms. The van der Waals surface area contributed by atoms with Crippen molar-refractivity contribution in [1.82, 2.24) is 9.78 Å². The first-order valence-corrected chi connectivity index (χ1v) is 6.46. The highest BCUT2D eigenvalue weighted by Crippen LogP contribution is 2.24. The van der Waals surface area contributed by atoms with Crippen LogP contribution in [-0.4, -0.2) is 22.4 Å². The minimum absolute atomic E-state index is 0.342. The van der Waals surface area contributed by atoms with E-state index in [0.29, 0.717) is 17.2 Å². The average Bonchev–Trinajstić information content (AvgIpc) is 2.78. The Hall–Kier alpha value is -1.33. The van der Waals surface area contributed by atoms with E-state index in [0.717, 1.165) is 10.2 Å². The zero-order valence-electron chi connectivity index (χ0n) is 9.56. The van der Waals surface area contributed by atoms with Gasteiger partial charge in [-0.3, -0.25) is 0 Å². The number of nitrogens with zero attached hydrogens (tertiary/aromatic N) is 2. The summed E-state index contributed by atoms with van der Waals surface area (Å²) < 4.78 is 7.29. The normalized spacial score (nSPS) is 10.4. The Bertz CT molecular complexity index is 583. The molecule has 0 saturated heterocycles. The lowest BCUT2D eigenvalue weighted by molar-refractivity contribution is 0.0526. The summed E-state index contributed by atoms with van der Waals surface area (Å²) in [6, 6.07) is 5.34. The van der Waals surface area contributed by atoms with Gasteiger partial charge >= 0.3 is 5.97 Å². The summed E-state index contributed by atoms with van der Waals surface area (Å²) in [4.78, 5) is 11.5. The lowest BCUT2D eigenvalue weighted by atomic mass is 10.3. The van der Waals surface area contributed by atoms with Crippen LogP contribution < -0.4 is 0 Å². The maximum absolute atomic E-state index is 11.5. The largest absolute Gasteiger partial charge is 0.462 e. The van der Waals surface area contributed by atoms with E-state index in [1.807, 2.05) is 6.07 Å². The minimum Gasteiger partial charge on any atom is -0.462 e. The highest BCUT2D eigenvalue weighted by atomic mass is 79.9. The number of benzene rings is 1. The molecule has 0 aliphatic heterocycles. The fourth-order valence-electron chi connectivity index (χ4n) is 1.44. The van der Waals surface area contributed by atoms with E-state index in [-0.39, 0.29) is 5.97 Å². The molecule has 0 atom stereocenters. The SMILES string of the molecule is CCOC(=O)c1cnn(-c2ccc(Cl)cc2Br)c1. The standard InChI is InChI=1S/C12H10BrClN2O2/c1-2-18-12(17)8-6-15-16(7-8)11-4-3-9(14)5-10(11)13/h3-7H,2H2,1H3. The summed E-state index contributed by atoms with van der Waals surface area (Å²) >= 11 is 9.27. The molecule has 4 nitrogen and oxygen atoms in total. The van der Waals surface area contributed by atoms with Crippen molar-refractivity contribution >= 4 is 33.5 Å². The maximum Gasteiger partial charge on any atom is 0.341 e.